The van der Waals surface area contributed by atoms with Gasteiger partial charge in [0.1, 0.15) is 23.1 Å². The zero-order valence-electron chi connectivity index (χ0n) is 18.6. The van der Waals surface area contributed by atoms with E-state index < -0.39 is 0 Å². The molecule has 8 nitrogen and oxygen atoms in total. The summed E-state index contributed by atoms with van der Waals surface area (Å²) in [5, 5.41) is 17.3. The molecule has 168 valence electrons. The number of H-pyrrole nitrogens is 1. The molecule has 2 aromatic heterocycles. The highest BCUT2D eigenvalue weighted by atomic mass is 16.5. The number of hydrogen-bond donors (Lipinski definition) is 2. The Labute approximate surface area is 195 Å². The first kappa shape index (κ1) is 21.0. The van der Waals surface area contributed by atoms with Crippen LogP contribution < -0.4 is 19.5 Å². The van der Waals surface area contributed by atoms with Crippen LogP contribution in [-0.4, -0.2) is 28.8 Å². The number of aromatic nitrogens is 3. The van der Waals surface area contributed by atoms with Crippen molar-refractivity contribution in [1.82, 2.24) is 14.6 Å². The maximum Gasteiger partial charge on any atom is 0.162 e. The first-order chi connectivity index (χ1) is 16.7. The summed E-state index contributed by atoms with van der Waals surface area (Å²) in [5.41, 5.74) is 3.51. The monoisotopic (exact) mass is 451 g/mol. The van der Waals surface area contributed by atoms with Gasteiger partial charge < -0.3 is 24.5 Å². The van der Waals surface area contributed by atoms with E-state index in [1.807, 2.05) is 72.8 Å². The van der Waals surface area contributed by atoms with Gasteiger partial charge >= 0.3 is 0 Å². The van der Waals surface area contributed by atoms with Crippen LogP contribution in [0.15, 0.2) is 79.0 Å². The summed E-state index contributed by atoms with van der Waals surface area (Å²) in [7, 11) is 3.18. The molecule has 3 aromatic carbocycles. The minimum Gasteiger partial charge on any atom is -0.493 e. The van der Waals surface area contributed by atoms with Crippen molar-refractivity contribution in [2.45, 2.75) is 0 Å². The molecule has 0 atom stereocenters. The Morgan fingerprint density at radius 3 is 2.35 bits per heavy atom. The fourth-order valence-corrected chi connectivity index (χ4v) is 3.69. The number of fused-ring (bicyclic) bond motifs is 1. The minimum atomic E-state index is 0.450. The van der Waals surface area contributed by atoms with Gasteiger partial charge in [-0.25, -0.2) is 0 Å². The van der Waals surface area contributed by atoms with Gasteiger partial charge in [0.05, 0.1) is 26.1 Å². The third-order valence-corrected chi connectivity index (χ3v) is 5.35. The standard InChI is InChI=1S/C26H21N5O3/c1-32-22-13-10-19(14-23(22)33-2)29-26-24(30-25-18(15-27)16-28-31(25)26)17-8-11-21(12-9-17)34-20-6-4-3-5-7-20/h3-14,16,29-30H,1-2H3. The number of imidazole rings is 1. The molecule has 0 aliphatic rings. The largest absolute Gasteiger partial charge is 0.493 e. The molecule has 0 saturated heterocycles. The number of para-hydroxylation sites is 1. The summed E-state index contributed by atoms with van der Waals surface area (Å²) < 4.78 is 18.4. The molecule has 0 bridgehead atoms. The topological polar surface area (TPSA) is 96.6 Å². The molecule has 5 aromatic rings. The van der Waals surface area contributed by atoms with Crippen LogP contribution in [0.4, 0.5) is 11.5 Å². The quantitative estimate of drug-likeness (QED) is 0.327. The van der Waals surface area contributed by atoms with E-state index in [1.54, 1.807) is 18.7 Å². The third-order valence-electron chi connectivity index (χ3n) is 5.35. The van der Waals surface area contributed by atoms with E-state index in [-0.39, 0.29) is 0 Å². The van der Waals surface area contributed by atoms with Crippen LogP contribution in [0.3, 0.4) is 0 Å². The fraction of sp³-hybridized carbons (Fsp3) is 0.0769. The number of nitriles is 1. The highest BCUT2D eigenvalue weighted by Crippen LogP contribution is 2.36. The molecular formula is C26H21N5O3. The van der Waals surface area contributed by atoms with Crippen LogP contribution in [0.2, 0.25) is 0 Å². The summed E-state index contributed by atoms with van der Waals surface area (Å²) in [5.74, 6) is 3.40. The van der Waals surface area contributed by atoms with Gasteiger partial charge in [0.15, 0.2) is 23.0 Å². The summed E-state index contributed by atoms with van der Waals surface area (Å²) in [6.07, 6.45) is 1.53. The molecule has 0 fully saturated rings. The second-order valence-corrected chi connectivity index (χ2v) is 7.41. The number of aromatic amines is 1. The Morgan fingerprint density at radius 1 is 0.912 bits per heavy atom. The van der Waals surface area contributed by atoms with Gasteiger partial charge in [0.25, 0.3) is 0 Å². The molecule has 0 unspecified atom stereocenters. The molecule has 0 radical (unpaired) electrons. The Balaban J connectivity index is 1.53. The van der Waals surface area contributed by atoms with Crippen molar-refractivity contribution < 1.29 is 14.2 Å². The van der Waals surface area contributed by atoms with Gasteiger partial charge in [0.2, 0.25) is 0 Å². The van der Waals surface area contributed by atoms with Gasteiger partial charge in [-0.1, -0.05) is 18.2 Å². The lowest BCUT2D eigenvalue weighted by molar-refractivity contribution is 0.355. The van der Waals surface area contributed by atoms with E-state index in [4.69, 9.17) is 14.2 Å². The number of anilines is 2. The van der Waals surface area contributed by atoms with Crippen molar-refractivity contribution in [3.05, 3.63) is 84.6 Å². The molecule has 0 spiro atoms. The normalized spacial score (nSPS) is 10.6. The molecule has 2 heterocycles. The molecule has 8 heteroatoms. The van der Waals surface area contributed by atoms with Crippen molar-refractivity contribution in [1.29, 1.82) is 5.26 Å². The van der Waals surface area contributed by atoms with Crippen LogP contribution in [0.25, 0.3) is 16.9 Å². The first-order valence-electron chi connectivity index (χ1n) is 10.5. The zero-order valence-corrected chi connectivity index (χ0v) is 18.6. The van der Waals surface area contributed by atoms with Crippen molar-refractivity contribution in [3.63, 3.8) is 0 Å². The molecule has 0 amide bonds. The third kappa shape index (κ3) is 3.87. The number of hydrogen-bond acceptors (Lipinski definition) is 6. The molecular weight excluding hydrogens is 430 g/mol. The van der Waals surface area contributed by atoms with E-state index >= 15 is 0 Å². The van der Waals surface area contributed by atoms with E-state index in [0.717, 1.165) is 28.4 Å². The molecule has 0 saturated carbocycles. The second kappa shape index (κ2) is 8.92. The van der Waals surface area contributed by atoms with E-state index in [0.29, 0.717) is 28.5 Å². The highest BCUT2D eigenvalue weighted by Gasteiger charge is 2.18. The van der Waals surface area contributed by atoms with Crippen LogP contribution in [0, 0.1) is 11.3 Å². The van der Waals surface area contributed by atoms with Crippen LogP contribution in [-0.2, 0) is 0 Å². The number of nitrogens with zero attached hydrogens (tertiary/aromatic N) is 3. The predicted molar refractivity (Wildman–Crippen MR) is 129 cm³/mol. The molecule has 5 rings (SSSR count). The lowest BCUT2D eigenvalue weighted by atomic mass is 10.1. The van der Waals surface area contributed by atoms with Crippen molar-refractivity contribution >= 4 is 17.2 Å². The SMILES string of the molecule is COc1ccc(Nc2c(-c3ccc(Oc4ccccc4)cc3)[nH]c3c(C#N)cnn23)cc1OC. The van der Waals surface area contributed by atoms with Crippen molar-refractivity contribution in [2.75, 3.05) is 19.5 Å². The van der Waals surface area contributed by atoms with Gasteiger partial charge in [-0.3, -0.25) is 0 Å². The maximum absolute atomic E-state index is 9.50. The second-order valence-electron chi connectivity index (χ2n) is 7.41. The van der Waals surface area contributed by atoms with Gasteiger partial charge in [-0.15, -0.1) is 0 Å². The van der Waals surface area contributed by atoms with Crippen LogP contribution >= 0.6 is 0 Å². The Kier molecular flexibility index (Phi) is 5.50. The van der Waals surface area contributed by atoms with Gasteiger partial charge in [-0.2, -0.15) is 14.9 Å². The average molecular weight is 451 g/mol. The molecule has 2 N–H and O–H groups in total. The number of rotatable bonds is 7. The lowest BCUT2D eigenvalue weighted by Gasteiger charge is -2.12. The Bertz CT molecular complexity index is 1480. The van der Waals surface area contributed by atoms with E-state index in [9.17, 15) is 5.26 Å². The minimum absolute atomic E-state index is 0.450. The molecule has 0 aliphatic heterocycles. The van der Waals surface area contributed by atoms with Crippen molar-refractivity contribution in [2.24, 2.45) is 0 Å². The number of methoxy groups -OCH3 is 2. The van der Waals surface area contributed by atoms with Gasteiger partial charge in [0, 0.05) is 17.3 Å². The number of benzene rings is 3. The van der Waals surface area contributed by atoms with Gasteiger partial charge in [-0.05, 0) is 48.5 Å². The summed E-state index contributed by atoms with van der Waals surface area (Å²) in [6.45, 7) is 0. The van der Waals surface area contributed by atoms with E-state index in [1.165, 1.54) is 6.20 Å². The van der Waals surface area contributed by atoms with Crippen LogP contribution in [0.1, 0.15) is 5.56 Å². The first-order valence-corrected chi connectivity index (χ1v) is 10.5. The number of nitrogens with one attached hydrogen (secondary N) is 2. The highest BCUT2D eigenvalue weighted by molar-refractivity contribution is 5.81. The smallest absolute Gasteiger partial charge is 0.162 e. The zero-order chi connectivity index (χ0) is 23.5. The number of ether oxygens (including phenoxy) is 3. The fourth-order valence-electron chi connectivity index (χ4n) is 3.69. The Hall–Kier alpha value is -4.90. The van der Waals surface area contributed by atoms with Crippen molar-refractivity contribution in [3.8, 4) is 40.3 Å². The van der Waals surface area contributed by atoms with Crippen LogP contribution in [0.5, 0.6) is 23.0 Å². The predicted octanol–water partition coefficient (Wildman–Crippen LogP) is 5.75. The average Bonchev–Trinajstić information content (AvgIpc) is 3.45. The summed E-state index contributed by atoms with van der Waals surface area (Å²) >= 11 is 0. The summed E-state index contributed by atoms with van der Waals surface area (Å²) in [6, 6.07) is 25.0. The summed E-state index contributed by atoms with van der Waals surface area (Å²) in [4.78, 5) is 3.34. The molecule has 34 heavy (non-hydrogen) atoms. The molecule has 0 aliphatic carbocycles. The maximum atomic E-state index is 9.50. The van der Waals surface area contributed by atoms with E-state index in [2.05, 4.69) is 21.5 Å². The lowest BCUT2D eigenvalue weighted by Crippen LogP contribution is -1.99. The Morgan fingerprint density at radius 2 is 1.65 bits per heavy atom.